The number of benzene rings is 2. The molecule has 0 fully saturated rings. The van der Waals surface area contributed by atoms with E-state index >= 15 is 0 Å². The second-order valence-corrected chi connectivity index (χ2v) is 7.78. The molecule has 1 aliphatic heterocycles. The van der Waals surface area contributed by atoms with Crippen LogP contribution in [-0.2, 0) is 42.8 Å². The maximum absolute atomic E-state index is 13.0. The zero-order valence-electron chi connectivity index (χ0n) is 17.8. The molecule has 7 heteroatoms. The Morgan fingerprint density at radius 2 is 1.84 bits per heavy atom. The molecule has 2 aromatic carbocycles. The molecule has 1 amide bonds. The van der Waals surface area contributed by atoms with Crippen LogP contribution >= 0.6 is 0 Å². The molecule has 0 unspecified atom stereocenters. The Labute approximate surface area is 181 Å². The van der Waals surface area contributed by atoms with E-state index in [1.165, 1.54) is 29.8 Å². The molecule has 0 radical (unpaired) electrons. The smallest absolute Gasteiger partial charge is 0.260 e. The average Bonchev–Trinajstić information content (AvgIpc) is 3.09. The van der Waals surface area contributed by atoms with Gasteiger partial charge in [-0.3, -0.25) is 9.48 Å². The van der Waals surface area contributed by atoms with Crippen molar-refractivity contribution in [3.05, 3.63) is 82.4 Å². The number of hydrogen-bond donors (Lipinski definition) is 0. The highest BCUT2D eigenvalue weighted by Crippen LogP contribution is 2.23. The van der Waals surface area contributed by atoms with Gasteiger partial charge in [-0.05, 0) is 36.8 Å². The normalized spacial score (nSPS) is 13.2. The molecule has 0 N–H and O–H groups in total. The van der Waals surface area contributed by atoms with E-state index in [4.69, 9.17) is 9.47 Å². The Hall–Kier alpha value is -3.19. The fraction of sp³-hybridized carbons (Fsp3) is 0.333. The number of ether oxygens (including phenoxy) is 2. The summed E-state index contributed by atoms with van der Waals surface area (Å²) >= 11 is 0. The second kappa shape index (κ2) is 9.31. The van der Waals surface area contributed by atoms with Gasteiger partial charge in [0.1, 0.15) is 11.6 Å². The number of halogens is 1. The standard InChI is InChI=1S/C24H26FN3O3/c1-17-3-5-18(6-4-17)14-30-15-22-21-13-28(12-11-23(21)27(2)26-22)24(29)16-31-20-9-7-19(25)8-10-20/h3-10H,11-16H2,1-2H3. The number of carbonyl (C=O) groups is 1. The highest BCUT2D eigenvalue weighted by Gasteiger charge is 2.26. The molecule has 6 nitrogen and oxygen atoms in total. The molecule has 0 bridgehead atoms. The van der Waals surface area contributed by atoms with Gasteiger partial charge in [0.2, 0.25) is 0 Å². The monoisotopic (exact) mass is 423 g/mol. The van der Waals surface area contributed by atoms with Crippen LogP contribution in [0.5, 0.6) is 5.75 Å². The molecule has 4 rings (SSSR count). The first kappa shape index (κ1) is 21.1. The Morgan fingerprint density at radius 1 is 1.10 bits per heavy atom. The van der Waals surface area contributed by atoms with Crippen LogP contribution in [0.1, 0.15) is 28.1 Å². The molecule has 0 saturated heterocycles. The van der Waals surface area contributed by atoms with Gasteiger partial charge in [-0.15, -0.1) is 0 Å². The molecule has 1 aliphatic rings. The third kappa shape index (κ3) is 5.11. The van der Waals surface area contributed by atoms with Crippen LogP contribution in [0.25, 0.3) is 0 Å². The van der Waals surface area contributed by atoms with E-state index in [0.717, 1.165) is 28.9 Å². The fourth-order valence-corrected chi connectivity index (χ4v) is 3.72. The number of hydrogen-bond acceptors (Lipinski definition) is 4. The van der Waals surface area contributed by atoms with Crippen molar-refractivity contribution in [2.75, 3.05) is 13.2 Å². The number of aryl methyl sites for hydroxylation is 2. The van der Waals surface area contributed by atoms with E-state index in [1.54, 1.807) is 4.90 Å². The lowest BCUT2D eigenvalue weighted by Gasteiger charge is -2.27. The molecule has 3 aromatic rings. The fourth-order valence-electron chi connectivity index (χ4n) is 3.72. The number of rotatable bonds is 7. The quantitative estimate of drug-likeness (QED) is 0.583. The van der Waals surface area contributed by atoms with Gasteiger partial charge < -0.3 is 14.4 Å². The number of fused-ring (bicyclic) bond motifs is 1. The van der Waals surface area contributed by atoms with Gasteiger partial charge in [0, 0.05) is 37.8 Å². The highest BCUT2D eigenvalue weighted by molar-refractivity contribution is 5.78. The van der Waals surface area contributed by atoms with Crippen molar-refractivity contribution < 1.29 is 18.7 Å². The lowest BCUT2D eigenvalue weighted by Crippen LogP contribution is -2.39. The zero-order chi connectivity index (χ0) is 21.8. The Morgan fingerprint density at radius 3 is 2.58 bits per heavy atom. The van der Waals surface area contributed by atoms with Crippen LogP contribution < -0.4 is 4.74 Å². The van der Waals surface area contributed by atoms with E-state index in [-0.39, 0.29) is 18.3 Å². The number of aromatic nitrogens is 2. The van der Waals surface area contributed by atoms with Crippen LogP contribution in [-0.4, -0.2) is 33.7 Å². The highest BCUT2D eigenvalue weighted by atomic mass is 19.1. The van der Waals surface area contributed by atoms with Gasteiger partial charge in [0.25, 0.3) is 5.91 Å². The SMILES string of the molecule is Cc1ccc(COCc2nn(C)c3c2CN(C(=O)COc2ccc(F)cc2)CC3)cc1. The Kier molecular flexibility index (Phi) is 6.32. The van der Waals surface area contributed by atoms with Crippen LogP contribution in [0.3, 0.4) is 0 Å². The molecule has 0 spiro atoms. The van der Waals surface area contributed by atoms with Gasteiger partial charge in [-0.2, -0.15) is 5.10 Å². The first-order valence-electron chi connectivity index (χ1n) is 10.3. The van der Waals surface area contributed by atoms with Gasteiger partial charge in [0.05, 0.1) is 18.9 Å². The van der Waals surface area contributed by atoms with E-state index in [1.807, 2.05) is 11.7 Å². The van der Waals surface area contributed by atoms with Gasteiger partial charge in [-0.25, -0.2) is 4.39 Å². The van der Waals surface area contributed by atoms with Crippen molar-refractivity contribution in [1.29, 1.82) is 0 Å². The summed E-state index contributed by atoms with van der Waals surface area (Å²) in [5, 5.41) is 4.62. The van der Waals surface area contributed by atoms with Crippen LogP contribution in [0.4, 0.5) is 4.39 Å². The molecule has 0 atom stereocenters. The predicted molar refractivity (Wildman–Crippen MR) is 114 cm³/mol. The minimum atomic E-state index is -0.337. The van der Waals surface area contributed by atoms with Crippen molar-refractivity contribution in [1.82, 2.24) is 14.7 Å². The van der Waals surface area contributed by atoms with Crippen molar-refractivity contribution in [2.24, 2.45) is 7.05 Å². The van der Waals surface area contributed by atoms with E-state index < -0.39 is 0 Å². The minimum Gasteiger partial charge on any atom is -0.484 e. The van der Waals surface area contributed by atoms with Gasteiger partial charge in [0.15, 0.2) is 6.61 Å². The maximum atomic E-state index is 13.0. The summed E-state index contributed by atoms with van der Waals surface area (Å²) in [4.78, 5) is 14.4. The average molecular weight is 423 g/mol. The third-order valence-electron chi connectivity index (χ3n) is 5.48. The van der Waals surface area contributed by atoms with E-state index in [9.17, 15) is 9.18 Å². The van der Waals surface area contributed by atoms with Crippen molar-refractivity contribution in [3.8, 4) is 5.75 Å². The van der Waals surface area contributed by atoms with Crippen LogP contribution in [0.2, 0.25) is 0 Å². The molecule has 31 heavy (non-hydrogen) atoms. The Balaban J connectivity index is 1.35. The number of amides is 1. The second-order valence-electron chi connectivity index (χ2n) is 7.78. The number of carbonyl (C=O) groups excluding carboxylic acids is 1. The van der Waals surface area contributed by atoms with Gasteiger partial charge in [-0.1, -0.05) is 29.8 Å². The summed E-state index contributed by atoms with van der Waals surface area (Å²) < 4.78 is 26.3. The molecule has 0 aliphatic carbocycles. The molecule has 0 saturated carbocycles. The van der Waals surface area contributed by atoms with Crippen molar-refractivity contribution in [2.45, 2.75) is 33.1 Å². The van der Waals surface area contributed by atoms with Crippen LogP contribution in [0, 0.1) is 12.7 Å². The summed E-state index contributed by atoms with van der Waals surface area (Å²) in [5.41, 5.74) is 5.38. The maximum Gasteiger partial charge on any atom is 0.260 e. The van der Waals surface area contributed by atoms with Crippen LogP contribution in [0.15, 0.2) is 48.5 Å². The van der Waals surface area contributed by atoms with Gasteiger partial charge >= 0.3 is 0 Å². The molecule has 1 aromatic heterocycles. The first-order chi connectivity index (χ1) is 15.0. The molecule has 162 valence electrons. The Bertz CT molecular complexity index is 1050. The summed E-state index contributed by atoms with van der Waals surface area (Å²) in [6.07, 6.45) is 0.735. The van der Waals surface area contributed by atoms with E-state index in [2.05, 4.69) is 36.3 Å². The summed E-state index contributed by atoms with van der Waals surface area (Å²) in [6, 6.07) is 13.9. The summed E-state index contributed by atoms with van der Waals surface area (Å²) in [5.74, 6) is 0.0281. The minimum absolute atomic E-state index is 0.0829. The third-order valence-corrected chi connectivity index (χ3v) is 5.48. The van der Waals surface area contributed by atoms with E-state index in [0.29, 0.717) is 32.1 Å². The lowest BCUT2D eigenvalue weighted by molar-refractivity contribution is -0.134. The largest absolute Gasteiger partial charge is 0.484 e. The zero-order valence-corrected chi connectivity index (χ0v) is 17.8. The molecule has 2 heterocycles. The van der Waals surface area contributed by atoms with Crippen molar-refractivity contribution >= 4 is 5.91 Å². The number of nitrogens with zero attached hydrogens (tertiary/aromatic N) is 3. The lowest BCUT2D eigenvalue weighted by atomic mass is 10.1. The van der Waals surface area contributed by atoms with Crippen molar-refractivity contribution in [3.63, 3.8) is 0 Å². The summed E-state index contributed by atoms with van der Waals surface area (Å²) in [6.45, 7) is 3.98. The topological polar surface area (TPSA) is 56.6 Å². The predicted octanol–water partition coefficient (Wildman–Crippen LogP) is 3.55. The molecular formula is C24H26FN3O3. The first-order valence-corrected chi connectivity index (χ1v) is 10.3. The molecular weight excluding hydrogens is 397 g/mol. The summed E-state index contributed by atoms with van der Waals surface area (Å²) in [7, 11) is 1.93.